The van der Waals surface area contributed by atoms with Gasteiger partial charge in [-0.05, 0) is 43.7 Å². The normalized spacial score (nSPS) is 19.9. The maximum Gasteiger partial charge on any atom is 0.140 e. The fraction of sp³-hybridized carbons (Fsp3) is 0.333. The summed E-state index contributed by atoms with van der Waals surface area (Å²) in [6, 6.07) is 10.6. The molecule has 2 atom stereocenters. The third-order valence-corrected chi connectivity index (χ3v) is 7.08. The first-order valence-corrected chi connectivity index (χ1v) is 12.3. The van der Waals surface area contributed by atoms with Crippen LogP contribution < -0.4 is 15.5 Å². The van der Waals surface area contributed by atoms with Crippen LogP contribution in [0.5, 0.6) is 0 Å². The Bertz CT molecular complexity index is 1450. The highest BCUT2D eigenvalue weighted by Crippen LogP contribution is 2.39. The van der Waals surface area contributed by atoms with E-state index >= 15 is 0 Å². The van der Waals surface area contributed by atoms with Crippen molar-refractivity contribution in [1.82, 2.24) is 19.7 Å². The van der Waals surface area contributed by atoms with Crippen molar-refractivity contribution < 1.29 is 19.3 Å². The summed E-state index contributed by atoms with van der Waals surface area (Å²) in [7, 11) is 0. The lowest BCUT2D eigenvalue weighted by molar-refractivity contribution is -0.0928. The third-order valence-electron chi connectivity index (χ3n) is 7.08. The van der Waals surface area contributed by atoms with Crippen LogP contribution in [0.25, 0.3) is 16.9 Å². The predicted molar refractivity (Wildman–Crippen MR) is 138 cm³/mol. The summed E-state index contributed by atoms with van der Waals surface area (Å²) in [4.78, 5) is 11.1. The molecule has 0 aliphatic carbocycles. The zero-order valence-electron chi connectivity index (χ0n) is 20.6. The minimum absolute atomic E-state index is 0.277. The number of aliphatic hydroxyl groups excluding tert-OH is 1. The second-order valence-electron chi connectivity index (χ2n) is 10.0. The molecule has 1 aromatic carbocycles. The van der Waals surface area contributed by atoms with Gasteiger partial charge >= 0.3 is 0 Å². The van der Waals surface area contributed by atoms with Crippen molar-refractivity contribution in [2.45, 2.75) is 38.3 Å². The minimum atomic E-state index is -0.922. The Balaban J connectivity index is 1.27. The van der Waals surface area contributed by atoms with E-state index in [9.17, 15) is 14.6 Å². The SMILES string of the molecule is CC(C)(O)[C@H]1CN(c2ccc(Nc3ccc(-c4cnc5cc(F)ccn45)c4c3C(O)NC4)nc2)CCO1. The van der Waals surface area contributed by atoms with Gasteiger partial charge in [0.1, 0.15) is 29.6 Å². The number of nitrogens with zero attached hydrogens (tertiary/aromatic N) is 4. The predicted octanol–water partition coefficient (Wildman–Crippen LogP) is 3.35. The Hall–Kier alpha value is -3.57. The maximum absolute atomic E-state index is 13.6. The van der Waals surface area contributed by atoms with Crippen LogP contribution in [0.1, 0.15) is 31.2 Å². The van der Waals surface area contributed by atoms with Gasteiger partial charge in [-0.2, -0.15) is 0 Å². The molecule has 9 nitrogen and oxygen atoms in total. The molecule has 1 fully saturated rings. The molecule has 10 heteroatoms. The van der Waals surface area contributed by atoms with Crippen LogP contribution in [-0.2, 0) is 11.3 Å². The second kappa shape index (κ2) is 9.07. The van der Waals surface area contributed by atoms with Crippen LogP contribution in [0.3, 0.4) is 0 Å². The Morgan fingerprint density at radius 3 is 2.81 bits per heavy atom. The molecular weight excluding hydrogens is 475 g/mol. The van der Waals surface area contributed by atoms with Gasteiger partial charge < -0.3 is 25.2 Å². The number of hydrogen-bond acceptors (Lipinski definition) is 8. The van der Waals surface area contributed by atoms with E-state index in [4.69, 9.17) is 4.74 Å². The molecule has 0 saturated carbocycles. The Morgan fingerprint density at radius 2 is 2.03 bits per heavy atom. The van der Waals surface area contributed by atoms with Crippen molar-refractivity contribution >= 4 is 22.8 Å². The summed E-state index contributed by atoms with van der Waals surface area (Å²) in [6.07, 6.45) is 4.07. The van der Waals surface area contributed by atoms with Crippen LogP contribution in [-0.4, -0.2) is 56.0 Å². The van der Waals surface area contributed by atoms with Crippen molar-refractivity contribution in [1.29, 1.82) is 0 Å². The molecule has 5 heterocycles. The molecule has 1 saturated heterocycles. The first-order chi connectivity index (χ1) is 17.8. The van der Waals surface area contributed by atoms with Crippen molar-refractivity contribution in [3.05, 3.63) is 71.9 Å². The van der Waals surface area contributed by atoms with Gasteiger partial charge in [-0.3, -0.25) is 9.72 Å². The maximum atomic E-state index is 13.6. The van der Waals surface area contributed by atoms with Gasteiger partial charge in [0.05, 0.1) is 36.0 Å². The monoisotopic (exact) mass is 504 g/mol. The van der Waals surface area contributed by atoms with E-state index < -0.39 is 11.8 Å². The standard InChI is InChI=1S/C27H29FN6O3/c1-27(2,36)22-15-33(9-10-37-22)17-3-6-23(29-12-17)32-20-5-4-18(19-13-31-26(35)25(19)20)21-14-30-24-11-16(28)7-8-34(21)24/h3-8,11-12,14,22,26,31,35-36H,9-10,13,15H2,1-2H3,(H,29,32)/t22-,26?/m1/s1. The molecule has 3 aromatic heterocycles. The molecular formula is C27H29FN6O3. The smallest absolute Gasteiger partial charge is 0.140 e. The van der Waals surface area contributed by atoms with E-state index in [1.807, 2.05) is 28.7 Å². The van der Waals surface area contributed by atoms with Crippen LogP contribution in [0, 0.1) is 5.82 Å². The van der Waals surface area contributed by atoms with Gasteiger partial charge in [-0.15, -0.1) is 0 Å². The van der Waals surface area contributed by atoms with Crippen molar-refractivity contribution in [2.24, 2.45) is 0 Å². The number of ether oxygens (including phenoxy) is 1. The summed E-state index contributed by atoms with van der Waals surface area (Å²) in [5.74, 6) is 0.311. The molecule has 6 rings (SSSR count). The van der Waals surface area contributed by atoms with E-state index in [1.54, 1.807) is 32.4 Å². The minimum Gasteiger partial charge on any atom is -0.388 e. The highest BCUT2D eigenvalue weighted by molar-refractivity contribution is 5.76. The summed E-state index contributed by atoms with van der Waals surface area (Å²) in [5, 5.41) is 27.5. The quantitative estimate of drug-likeness (QED) is 0.328. The van der Waals surface area contributed by atoms with Crippen molar-refractivity contribution in [3.63, 3.8) is 0 Å². The average molecular weight is 505 g/mol. The third kappa shape index (κ3) is 4.42. The van der Waals surface area contributed by atoms with Gasteiger partial charge in [0, 0.05) is 48.7 Å². The Labute approximate surface area is 213 Å². The van der Waals surface area contributed by atoms with Crippen molar-refractivity contribution in [3.8, 4) is 11.3 Å². The molecule has 4 aromatic rings. The van der Waals surface area contributed by atoms with E-state index in [1.165, 1.54) is 12.1 Å². The van der Waals surface area contributed by atoms with E-state index in [0.29, 0.717) is 31.2 Å². The van der Waals surface area contributed by atoms with Gasteiger partial charge in [-0.25, -0.2) is 14.4 Å². The van der Waals surface area contributed by atoms with Gasteiger partial charge in [0.2, 0.25) is 0 Å². The molecule has 2 aliphatic rings. The molecule has 0 amide bonds. The van der Waals surface area contributed by atoms with E-state index in [2.05, 4.69) is 25.5 Å². The lowest BCUT2D eigenvalue weighted by atomic mass is 9.98. The summed E-state index contributed by atoms with van der Waals surface area (Å²) in [6.45, 7) is 5.86. The Morgan fingerprint density at radius 1 is 1.16 bits per heavy atom. The van der Waals surface area contributed by atoms with Gasteiger partial charge in [0.25, 0.3) is 0 Å². The first-order valence-electron chi connectivity index (χ1n) is 12.3. The number of fused-ring (bicyclic) bond motifs is 2. The Kier molecular flexibility index (Phi) is 5.84. The number of anilines is 3. The number of halogens is 1. The highest BCUT2D eigenvalue weighted by Gasteiger charge is 2.33. The number of aliphatic hydroxyl groups is 2. The number of imidazole rings is 1. The van der Waals surface area contributed by atoms with Crippen LogP contribution >= 0.6 is 0 Å². The molecule has 0 radical (unpaired) electrons. The van der Waals surface area contributed by atoms with E-state index in [-0.39, 0.29) is 11.9 Å². The highest BCUT2D eigenvalue weighted by atomic mass is 19.1. The van der Waals surface area contributed by atoms with Crippen molar-refractivity contribution in [2.75, 3.05) is 29.9 Å². The number of pyridine rings is 2. The molecule has 0 bridgehead atoms. The zero-order valence-corrected chi connectivity index (χ0v) is 20.6. The first kappa shape index (κ1) is 23.8. The summed E-state index contributed by atoms with van der Waals surface area (Å²) in [5.41, 5.74) is 4.75. The second-order valence-corrected chi connectivity index (χ2v) is 10.0. The van der Waals surface area contributed by atoms with E-state index in [0.717, 1.165) is 40.3 Å². The van der Waals surface area contributed by atoms with Crippen LogP contribution in [0.15, 0.2) is 55.0 Å². The van der Waals surface area contributed by atoms with Crippen LogP contribution in [0.4, 0.5) is 21.6 Å². The fourth-order valence-corrected chi connectivity index (χ4v) is 5.07. The number of hydrogen-bond donors (Lipinski definition) is 4. The summed E-state index contributed by atoms with van der Waals surface area (Å²) >= 11 is 0. The topological polar surface area (TPSA) is 107 Å². The number of rotatable bonds is 5. The molecule has 4 N–H and O–H groups in total. The number of benzene rings is 1. The molecule has 1 unspecified atom stereocenters. The molecule has 192 valence electrons. The largest absolute Gasteiger partial charge is 0.388 e. The zero-order chi connectivity index (χ0) is 25.7. The molecule has 2 aliphatic heterocycles. The lowest BCUT2D eigenvalue weighted by Crippen LogP contribution is -2.52. The number of aromatic nitrogens is 3. The fourth-order valence-electron chi connectivity index (χ4n) is 5.07. The van der Waals surface area contributed by atoms with Crippen LogP contribution in [0.2, 0.25) is 0 Å². The number of morpholine rings is 1. The molecule has 0 spiro atoms. The summed E-state index contributed by atoms with van der Waals surface area (Å²) < 4.78 is 21.2. The van der Waals surface area contributed by atoms with Gasteiger partial charge in [-0.1, -0.05) is 6.07 Å². The molecule has 37 heavy (non-hydrogen) atoms. The number of nitrogens with one attached hydrogen (secondary N) is 2. The van der Waals surface area contributed by atoms with Gasteiger partial charge in [0.15, 0.2) is 0 Å². The average Bonchev–Trinajstić information content (AvgIpc) is 3.48. The lowest BCUT2D eigenvalue weighted by Gasteiger charge is -2.39.